The molecule has 0 radical (unpaired) electrons. The van der Waals surface area contributed by atoms with E-state index in [1.807, 2.05) is 6.92 Å². The summed E-state index contributed by atoms with van der Waals surface area (Å²) in [6, 6.07) is 6.82. The molecule has 1 heterocycles. The number of nitrogens with zero attached hydrogens (tertiary/aromatic N) is 3. The molecular weight excluding hydrogens is 332 g/mol. The number of thiocarbonyl (C=S) groups is 1. The first kappa shape index (κ1) is 17.3. The minimum Gasteiger partial charge on any atom is -0.362 e. The van der Waals surface area contributed by atoms with Gasteiger partial charge in [-0.3, -0.25) is 30.4 Å². The summed E-state index contributed by atoms with van der Waals surface area (Å²) in [6.07, 6.45) is 2.55. The van der Waals surface area contributed by atoms with Crippen LogP contribution >= 0.6 is 12.2 Å². The van der Waals surface area contributed by atoms with E-state index in [1.54, 1.807) is 24.3 Å². The highest BCUT2D eigenvalue weighted by Crippen LogP contribution is 2.11. The van der Waals surface area contributed by atoms with Gasteiger partial charge < -0.3 is 5.32 Å². The summed E-state index contributed by atoms with van der Waals surface area (Å²) in [6.45, 7) is 2.92. The number of aromatic nitrogens is 2. The van der Waals surface area contributed by atoms with Gasteiger partial charge in [0, 0.05) is 12.1 Å². The molecule has 0 aliphatic carbocycles. The first-order valence-electron chi connectivity index (χ1n) is 7.09. The van der Waals surface area contributed by atoms with Crippen LogP contribution in [0, 0.1) is 10.1 Å². The van der Waals surface area contributed by atoms with Gasteiger partial charge in [-0.1, -0.05) is 12.1 Å². The standard InChI is InChI=1S/C14H16N6O3S/c1-2-15-14(24)18-17-13(21)11-5-3-10(4-6-11)8-19-9-12(7-16-19)20(22)23/h3-7,9H,2,8H2,1H3,(H,17,21)(H2,15,18,24). The second-order valence-electron chi connectivity index (χ2n) is 4.79. The van der Waals surface area contributed by atoms with Gasteiger partial charge in [-0.2, -0.15) is 5.10 Å². The largest absolute Gasteiger partial charge is 0.362 e. The van der Waals surface area contributed by atoms with E-state index in [1.165, 1.54) is 17.1 Å². The Balaban J connectivity index is 1.93. The van der Waals surface area contributed by atoms with E-state index in [4.69, 9.17) is 12.2 Å². The van der Waals surface area contributed by atoms with E-state index in [0.717, 1.165) is 5.56 Å². The molecule has 0 aliphatic rings. The van der Waals surface area contributed by atoms with Crippen LogP contribution in [-0.4, -0.2) is 32.3 Å². The topological polar surface area (TPSA) is 114 Å². The SMILES string of the molecule is CCNC(=S)NNC(=O)c1ccc(Cn2cc([N+](=O)[O-])cn2)cc1. The quantitative estimate of drug-likeness (QED) is 0.419. The molecule has 0 saturated carbocycles. The number of benzene rings is 1. The molecule has 0 atom stereocenters. The normalized spacial score (nSPS) is 10.0. The summed E-state index contributed by atoms with van der Waals surface area (Å²) in [5, 5.41) is 17.7. The van der Waals surface area contributed by atoms with Crippen molar-refractivity contribution in [3.05, 3.63) is 57.9 Å². The average Bonchev–Trinajstić information content (AvgIpc) is 3.02. The third kappa shape index (κ3) is 4.74. The van der Waals surface area contributed by atoms with E-state index in [0.29, 0.717) is 23.8 Å². The van der Waals surface area contributed by atoms with E-state index < -0.39 is 4.92 Å². The predicted octanol–water partition coefficient (Wildman–Crippen LogP) is 0.968. The number of hydrazine groups is 1. The second-order valence-corrected chi connectivity index (χ2v) is 5.20. The Morgan fingerprint density at radius 2 is 2.04 bits per heavy atom. The predicted molar refractivity (Wildman–Crippen MR) is 91.3 cm³/mol. The summed E-state index contributed by atoms with van der Waals surface area (Å²) in [5.74, 6) is -0.323. The minimum absolute atomic E-state index is 0.0614. The number of carbonyl (C=O) groups is 1. The lowest BCUT2D eigenvalue weighted by Crippen LogP contribution is -2.46. The van der Waals surface area contributed by atoms with Crippen LogP contribution < -0.4 is 16.2 Å². The number of amides is 1. The van der Waals surface area contributed by atoms with Crippen LogP contribution in [0.25, 0.3) is 0 Å². The summed E-state index contributed by atoms with van der Waals surface area (Å²) < 4.78 is 1.46. The number of rotatable bonds is 5. The lowest BCUT2D eigenvalue weighted by atomic mass is 10.1. The molecule has 10 heteroatoms. The molecule has 3 N–H and O–H groups in total. The Hall–Kier alpha value is -3.01. The van der Waals surface area contributed by atoms with Gasteiger partial charge in [-0.15, -0.1) is 0 Å². The molecule has 0 bridgehead atoms. The second kappa shape index (κ2) is 8.02. The van der Waals surface area contributed by atoms with Crippen molar-refractivity contribution < 1.29 is 9.72 Å². The fraction of sp³-hybridized carbons (Fsp3) is 0.214. The zero-order valence-electron chi connectivity index (χ0n) is 12.9. The first-order chi connectivity index (χ1) is 11.5. The van der Waals surface area contributed by atoms with Crippen LogP contribution in [0.2, 0.25) is 0 Å². The number of nitrogens with one attached hydrogen (secondary N) is 3. The van der Waals surface area contributed by atoms with Crippen LogP contribution in [0.3, 0.4) is 0 Å². The van der Waals surface area contributed by atoms with Crippen LogP contribution in [-0.2, 0) is 6.54 Å². The van der Waals surface area contributed by atoms with E-state index in [2.05, 4.69) is 21.3 Å². The smallest absolute Gasteiger partial charge is 0.307 e. The van der Waals surface area contributed by atoms with Crippen LogP contribution in [0.4, 0.5) is 5.69 Å². The van der Waals surface area contributed by atoms with Gasteiger partial charge in [0.2, 0.25) is 0 Å². The van der Waals surface area contributed by atoms with Crippen molar-refractivity contribution in [2.24, 2.45) is 0 Å². The van der Waals surface area contributed by atoms with Gasteiger partial charge in [0.05, 0.1) is 11.5 Å². The molecule has 24 heavy (non-hydrogen) atoms. The zero-order chi connectivity index (χ0) is 17.5. The Kier molecular flexibility index (Phi) is 5.79. The Bertz CT molecular complexity index is 743. The molecule has 0 spiro atoms. The van der Waals surface area contributed by atoms with Gasteiger partial charge in [-0.05, 0) is 36.8 Å². The van der Waals surface area contributed by atoms with Gasteiger partial charge in [0.15, 0.2) is 5.11 Å². The summed E-state index contributed by atoms with van der Waals surface area (Å²) in [4.78, 5) is 22.1. The minimum atomic E-state index is -0.498. The molecule has 9 nitrogen and oxygen atoms in total. The first-order valence-corrected chi connectivity index (χ1v) is 7.50. The van der Waals surface area contributed by atoms with Crippen molar-refractivity contribution in [1.82, 2.24) is 25.9 Å². The number of carbonyl (C=O) groups excluding carboxylic acids is 1. The molecule has 1 amide bonds. The van der Waals surface area contributed by atoms with Crippen molar-refractivity contribution in [2.75, 3.05) is 6.54 Å². The summed E-state index contributed by atoms with van der Waals surface area (Å²) in [5.41, 5.74) is 6.33. The molecular formula is C14H16N6O3S. The van der Waals surface area contributed by atoms with Gasteiger partial charge in [-0.25, -0.2) is 0 Å². The highest BCUT2D eigenvalue weighted by molar-refractivity contribution is 7.80. The average molecular weight is 348 g/mol. The Labute approximate surface area is 143 Å². The fourth-order valence-corrected chi connectivity index (χ4v) is 2.07. The zero-order valence-corrected chi connectivity index (χ0v) is 13.7. The molecule has 0 aliphatic heterocycles. The van der Waals surface area contributed by atoms with Crippen LogP contribution in [0.15, 0.2) is 36.7 Å². The van der Waals surface area contributed by atoms with Crippen molar-refractivity contribution in [3.8, 4) is 0 Å². The van der Waals surface area contributed by atoms with Crippen molar-refractivity contribution in [1.29, 1.82) is 0 Å². The number of nitro groups is 1. The number of hydrogen-bond acceptors (Lipinski definition) is 5. The summed E-state index contributed by atoms with van der Waals surface area (Å²) in [7, 11) is 0. The van der Waals surface area contributed by atoms with Gasteiger partial charge in [0.1, 0.15) is 12.4 Å². The Morgan fingerprint density at radius 3 is 2.62 bits per heavy atom. The van der Waals surface area contributed by atoms with E-state index in [9.17, 15) is 14.9 Å². The lowest BCUT2D eigenvalue weighted by molar-refractivity contribution is -0.385. The van der Waals surface area contributed by atoms with E-state index in [-0.39, 0.29) is 11.6 Å². The van der Waals surface area contributed by atoms with Crippen LogP contribution in [0.1, 0.15) is 22.8 Å². The highest BCUT2D eigenvalue weighted by Gasteiger charge is 2.09. The Morgan fingerprint density at radius 1 is 1.33 bits per heavy atom. The van der Waals surface area contributed by atoms with E-state index >= 15 is 0 Å². The van der Waals surface area contributed by atoms with Gasteiger partial charge in [0.25, 0.3) is 5.91 Å². The lowest BCUT2D eigenvalue weighted by Gasteiger charge is -2.10. The highest BCUT2D eigenvalue weighted by atomic mass is 32.1. The fourth-order valence-electron chi connectivity index (χ4n) is 1.87. The molecule has 2 aromatic rings. The van der Waals surface area contributed by atoms with Crippen LogP contribution in [0.5, 0.6) is 0 Å². The maximum Gasteiger partial charge on any atom is 0.307 e. The number of hydrogen-bond donors (Lipinski definition) is 3. The van der Waals surface area contributed by atoms with Crippen molar-refractivity contribution in [3.63, 3.8) is 0 Å². The molecule has 126 valence electrons. The molecule has 1 aromatic heterocycles. The van der Waals surface area contributed by atoms with Crippen molar-refractivity contribution >= 4 is 28.9 Å². The maximum atomic E-state index is 11.9. The van der Waals surface area contributed by atoms with Gasteiger partial charge >= 0.3 is 5.69 Å². The molecule has 0 fully saturated rings. The summed E-state index contributed by atoms with van der Waals surface area (Å²) >= 11 is 4.94. The maximum absolute atomic E-state index is 11.9. The third-order valence-corrected chi connectivity index (χ3v) is 3.26. The molecule has 0 unspecified atom stereocenters. The molecule has 0 saturated heterocycles. The molecule has 1 aromatic carbocycles. The van der Waals surface area contributed by atoms with Crippen molar-refractivity contribution in [2.45, 2.75) is 13.5 Å². The monoisotopic (exact) mass is 348 g/mol. The third-order valence-electron chi connectivity index (χ3n) is 3.02. The molecule has 2 rings (SSSR count).